The highest BCUT2D eigenvalue weighted by atomic mass is 19.1. The molecule has 1 amide bonds. The first kappa shape index (κ1) is 15.7. The molecule has 2 atom stereocenters. The van der Waals surface area contributed by atoms with Crippen molar-refractivity contribution in [1.82, 2.24) is 4.90 Å². The number of aliphatic hydroxyl groups is 1. The van der Waals surface area contributed by atoms with Crippen LogP contribution in [0.1, 0.15) is 39.9 Å². The Morgan fingerprint density at radius 3 is 2.70 bits per heavy atom. The number of halogens is 2. The van der Waals surface area contributed by atoms with Gasteiger partial charge in [0.1, 0.15) is 17.4 Å². The molecule has 0 spiro atoms. The molecule has 0 aliphatic carbocycles. The zero-order chi connectivity index (χ0) is 16.7. The van der Waals surface area contributed by atoms with Crippen molar-refractivity contribution >= 4 is 5.91 Å². The molecule has 0 radical (unpaired) electrons. The summed E-state index contributed by atoms with van der Waals surface area (Å²) in [5.74, 6) is -0.862. The molecule has 1 aliphatic rings. The summed E-state index contributed by atoms with van der Waals surface area (Å²) in [6.45, 7) is 3.62. The zero-order valence-corrected chi connectivity index (χ0v) is 12.8. The van der Waals surface area contributed by atoms with E-state index in [0.29, 0.717) is 5.76 Å². The number of benzene rings is 1. The Morgan fingerprint density at radius 1 is 1.30 bits per heavy atom. The van der Waals surface area contributed by atoms with Crippen molar-refractivity contribution in [1.29, 1.82) is 0 Å². The van der Waals surface area contributed by atoms with Gasteiger partial charge in [0.2, 0.25) is 0 Å². The molecule has 2 aromatic rings. The number of carbonyl (C=O) groups is 1. The van der Waals surface area contributed by atoms with Gasteiger partial charge in [-0.05, 0) is 50.1 Å². The molecule has 1 aliphatic heterocycles. The number of aryl methyl sites for hydroxylation is 2. The van der Waals surface area contributed by atoms with E-state index in [1.54, 1.807) is 13.0 Å². The van der Waals surface area contributed by atoms with Crippen LogP contribution >= 0.6 is 0 Å². The van der Waals surface area contributed by atoms with E-state index in [9.17, 15) is 18.7 Å². The first-order chi connectivity index (χ1) is 10.9. The van der Waals surface area contributed by atoms with Crippen LogP contribution in [-0.2, 0) is 0 Å². The second-order valence-corrected chi connectivity index (χ2v) is 5.88. The van der Waals surface area contributed by atoms with Crippen molar-refractivity contribution in [2.75, 3.05) is 6.54 Å². The highest BCUT2D eigenvalue weighted by Gasteiger charge is 2.38. The Labute approximate surface area is 132 Å². The first-order valence-electron chi connectivity index (χ1n) is 7.38. The molecule has 4 nitrogen and oxygen atoms in total. The summed E-state index contributed by atoms with van der Waals surface area (Å²) in [4.78, 5) is 14.0. The van der Waals surface area contributed by atoms with E-state index in [1.165, 1.54) is 4.90 Å². The van der Waals surface area contributed by atoms with Gasteiger partial charge in [0.05, 0.1) is 12.1 Å². The maximum Gasteiger partial charge on any atom is 0.290 e. The van der Waals surface area contributed by atoms with Gasteiger partial charge >= 0.3 is 0 Å². The molecule has 122 valence electrons. The predicted molar refractivity (Wildman–Crippen MR) is 78.9 cm³/mol. The van der Waals surface area contributed by atoms with Crippen molar-refractivity contribution in [2.45, 2.75) is 32.4 Å². The van der Waals surface area contributed by atoms with Crippen LogP contribution in [0.15, 0.2) is 28.7 Å². The summed E-state index contributed by atoms with van der Waals surface area (Å²) < 4.78 is 32.9. The molecule has 1 aromatic heterocycles. The van der Waals surface area contributed by atoms with Crippen molar-refractivity contribution in [3.63, 3.8) is 0 Å². The Kier molecular flexibility index (Phi) is 3.93. The average Bonchev–Trinajstić information content (AvgIpc) is 3.04. The van der Waals surface area contributed by atoms with Gasteiger partial charge < -0.3 is 14.4 Å². The monoisotopic (exact) mass is 321 g/mol. The van der Waals surface area contributed by atoms with E-state index in [2.05, 4.69) is 0 Å². The zero-order valence-electron chi connectivity index (χ0n) is 12.8. The summed E-state index contributed by atoms with van der Waals surface area (Å²) >= 11 is 0. The van der Waals surface area contributed by atoms with Crippen molar-refractivity contribution in [3.8, 4) is 0 Å². The minimum Gasteiger partial charge on any atom is -0.456 e. The fraction of sp³-hybridized carbons (Fsp3) is 0.353. The largest absolute Gasteiger partial charge is 0.456 e. The predicted octanol–water partition coefficient (Wildman–Crippen LogP) is 3.12. The minimum atomic E-state index is -0.788. The Morgan fingerprint density at radius 2 is 2.04 bits per heavy atom. The number of rotatable bonds is 2. The number of aliphatic hydroxyl groups excluding tert-OH is 1. The molecular formula is C17H17F2NO3. The maximum absolute atomic E-state index is 14.0. The van der Waals surface area contributed by atoms with Crippen LogP contribution in [0.25, 0.3) is 0 Å². The molecule has 1 N–H and O–H groups in total. The SMILES string of the molecule is Cc1cc(C(=O)N2CC(O)CC2c2cc(F)ccc2F)oc1C. The third kappa shape index (κ3) is 2.86. The molecular weight excluding hydrogens is 304 g/mol. The van der Waals surface area contributed by atoms with E-state index in [1.807, 2.05) is 6.92 Å². The molecule has 6 heteroatoms. The summed E-state index contributed by atoms with van der Waals surface area (Å²) in [6.07, 6.45) is -0.631. The van der Waals surface area contributed by atoms with E-state index in [-0.39, 0.29) is 24.3 Å². The van der Waals surface area contributed by atoms with Crippen LogP contribution in [0.2, 0.25) is 0 Å². The molecule has 0 saturated carbocycles. The summed E-state index contributed by atoms with van der Waals surface area (Å²) in [6, 6.07) is 4.01. The van der Waals surface area contributed by atoms with Gasteiger partial charge in [0, 0.05) is 12.1 Å². The quantitative estimate of drug-likeness (QED) is 0.924. The molecule has 0 bridgehead atoms. The third-order valence-electron chi connectivity index (χ3n) is 4.23. The molecule has 3 rings (SSSR count). The lowest BCUT2D eigenvalue weighted by atomic mass is 10.0. The lowest BCUT2D eigenvalue weighted by Gasteiger charge is -2.24. The highest BCUT2D eigenvalue weighted by molar-refractivity contribution is 5.92. The van der Waals surface area contributed by atoms with Crippen LogP contribution < -0.4 is 0 Å². The topological polar surface area (TPSA) is 53.7 Å². The van der Waals surface area contributed by atoms with Crippen LogP contribution in [-0.4, -0.2) is 28.6 Å². The van der Waals surface area contributed by atoms with Crippen molar-refractivity contribution in [3.05, 3.63) is 58.5 Å². The van der Waals surface area contributed by atoms with E-state index < -0.39 is 29.7 Å². The number of carbonyl (C=O) groups excluding carboxylic acids is 1. The van der Waals surface area contributed by atoms with Crippen LogP contribution in [0.5, 0.6) is 0 Å². The number of β-amino-alcohol motifs (C(OH)–C–C–N with tert-alkyl or cyclic N) is 1. The molecule has 2 heterocycles. The van der Waals surface area contributed by atoms with Crippen molar-refractivity contribution in [2.24, 2.45) is 0 Å². The Hall–Kier alpha value is -2.21. The smallest absolute Gasteiger partial charge is 0.290 e. The molecule has 1 aromatic carbocycles. The van der Waals surface area contributed by atoms with Crippen molar-refractivity contribution < 1.29 is 23.1 Å². The standard InChI is InChI=1S/C17H17F2NO3/c1-9-5-16(23-10(9)2)17(22)20-8-12(21)7-15(20)13-6-11(18)3-4-14(13)19/h3-6,12,15,21H,7-8H2,1-2H3. The first-order valence-corrected chi connectivity index (χ1v) is 7.38. The maximum atomic E-state index is 14.0. The third-order valence-corrected chi connectivity index (χ3v) is 4.23. The van der Waals surface area contributed by atoms with Crippen LogP contribution in [0.3, 0.4) is 0 Å². The van der Waals surface area contributed by atoms with Crippen LogP contribution in [0, 0.1) is 25.5 Å². The lowest BCUT2D eigenvalue weighted by Crippen LogP contribution is -2.32. The number of amides is 1. The second-order valence-electron chi connectivity index (χ2n) is 5.88. The number of furan rings is 1. The lowest BCUT2D eigenvalue weighted by molar-refractivity contribution is 0.0680. The van der Waals surface area contributed by atoms with E-state index in [4.69, 9.17) is 4.42 Å². The summed E-state index contributed by atoms with van der Waals surface area (Å²) in [5, 5.41) is 9.91. The van der Waals surface area contributed by atoms with E-state index >= 15 is 0 Å². The Bertz CT molecular complexity index is 737. The second kappa shape index (κ2) is 5.77. The van der Waals surface area contributed by atoms with Gasteiger partial charge in [0.25, 0.3) is 5.91 Å². The normalized spacial score (nSPS) is 21.0. The van der Waals surface area contributed by atoms with Gasteiger partial charge in [-0.1, -0.05) is 0 Å². The molecule has 23 heavy (non-hydrogen) atoms. The fourth-order valence-electron chi connectivity index (χ4n) is 2.92. The highest BCUT2D eigenvalue weighted by Crippen LogP contribution is 2.35. The minimum absolute atomic E-state index is 0.0538. The Balaban J connectivity index is 1.96. The molecule has 2 unspecified atom stereocenters. The van der Waals surface area contributed by atoms with Crippen LogP contribution in [0.4, 0.5) is 8.78 Å². The molecule has 1 fully saturated rings. The van der Waals surface area contributed by atoms with Gasteiger partial charge in [0.15, 0.2) is 5.76 Å². The van der Waals surface area contributed by atoms with E-state index in [0.717, 1.165) is 23.8 Å². The average molecular weight is 321 g/mol. The number of hydrogen-bond donors (Lipinski definition) is 1. The number of likely N-dealkylation sites (tertiary alicyclic amines) is 1. The van der Waals surface area contributed by atoms with Gasteiger partial charge in [-0.2, -0.15) is 0 Å². The summed E-state index contributed by atoms with van der Waals surface area (Å²) in [5.41, 5.74) is 0.900. The number of hydrogen-bond acceptors (Lipinski definition) is 3. The fourth-order valence-corrected chi connectivity index (χ4v) is 2.92. The van der Waals surface area contributed by atoms with Gasteiger partial charge in [-0.3, -0.25) is 4.79 Å². The summed E-state index contributed by atoms with van der Waals surface area (Å²) in [7, 11) is 0. The van der Waals surface area contributed by atoms with Gasteiger partial charge in [-0.15, -0.1) is 0 Å². The molecule has 1 saturated heterocycles. The number of nitrogens with zero attached hydrogens (tertiary/aromatic N) is 1. The van der Waals surface area contributed by atoms with Gasteiger partial charge in [-0.25, -0.2) is 8.78 Å².